The number of morpholine rings is 1. The molecular formula is C35H37N9O3. The molecule has 47 heavy (non-hydrogen) atoms. The number of pyridine rings is 1. The molecule has 240 valence electrons. The number of aromatic nitrogens is 7. The molecule has 0 bridgehead atoms. The molecule has 0 saturated carbocycles. The number of aliphatic hydroxyl groups is 1. The van der Waals surface area contributed by atoms with E-state index in [1.165, 1.54) is 0 Å². The average Bonchev–Trinajstić information content (AvgIpc) is 3.62. The summed E-state index contributed by atoms with van der Waals surface area (Å²) >= 11 is 0. The Morgan fingerprint density at radius 1 is 1.00 bits per heavy atom. The van der Waals surface area contributed by atoms with Gasteiger partial charge in [-0.1, -0.05) is 42.5 Å². The van der Waals surface area contributed by atoms with E-state index in [9.17, 15) is 5.11 Å². The van der Waals surface area contributed by atoms with Crippen LogP contribution in [0.5, 0.6) is 5.88 Å². The molecule has 1 atom stereocenters. The van der Waals surface area contributed by atoms with Crippen LogP contribution in [0.25, 0.3) is 33.9 Å². The van der Waals surface area contributed by atoms with Crippen molar-refractivity contribution in [1.82, 2.24) is 34.3 Å². The Balaban J connectivity index is 1.29. The lowest BCUT2D eigenvalue weighted by Gasteiger charge is -2.34. The maximum atomic E-state index is 9.58. The minimum atomic E-state index is -0.0345. The fourth-order valence-electron chi connectivity index (χ4n) is 5.96. The number of fused-ring (bicyclic) bond motifs is 1. The first kappa shape index (κ1) is 30.3. The third-order valence-electron chi connectivity index (χ3n) is 8.26. The van der Waals surface area contributed by atoms with E-state index in [1.54, 1.807) is 6.20 Å². The molecule has 0 unspecified atom stereocenters. The van der Waals surface area contributed by atoms with Gasteiger partial charge in [0.25, 0.3) is 0 Å². The molecule has 4 aromatic heterocycles. The molecule has 2 N–H and O–H groups in total. The van der Waals surface area contributed by atoms with Gasteiger partial charge in [0.1, 0.15) is 12.4 Å². The summed E-state index contributed by atoms with van der Waals surface area (Å²) in [7, 11) is 0. The number of hydrogen-bond acceptors (Lipinski definition) is 10. The largest absolute Gasteiger partial charge is 0.473 e. The third kappa shape index (κ3) is 6.12. The standard InChI is InChI=1S/C35H37N9O3/c1-23-21-46-18-16-42(23)31-19-29(39-35(40-31)43-30-12-8-7-11-28(30)38-34(43)36-15-17-45)33-24(2)41-44(25(33)3)27-13-14-32(37-20-27)47-22-26-9-5-4-6-10-26/h4-14,19-20,23,45H,15-18,21-22H2,1-3H3,(H,36,38)/t23-/m1/s1. The highest BCUT2D eigenvalue weighted by Crippen LogP contribution is 2.33. The van der Waals surface area contributed by atoms with Crippen LogP contribution in [0.3, 0.4) is 0 Å². The number of benzene rings is 2. The first-order valence-electron chi connectivity index (χ1n) is 15.8. The average molecular weight is 632 g/mol. The van der Waals surface area contributed by atoms with Crippen LogP contribution in [-0.2, 0) is 11.3 Å². The Bertz CT molecular complexity index is 1990. The quantitative estimate of drug-likeness (QED) is 0.216. The molecule has 12 nitrogen and oxygen atoms in total. The Kier molecular flexibility index (Phi) is 8.51. The monoisotopic (exact) mass is 631 g/mol. The number of rotatable bonds is 10. The van der Waals surface area contributed by atoms with Crippen molar-refractivity contribution in [2.24, 2.45) is 0 Å². The van der Waals surface area contributed by atoms with Crippen LogP contribution in [0, 0.1) is 13.8 Å². The lowest BCUT2D eigenvalue weighted by Crippen LogP contribution is -2.44. The number of aliphatic hydroxyl groups excluding tert-OH is 1. The number of nitrogens with one attached hydrogen (secondary N) is 1. The van der Waals surface area contributed by atoms with Crippen molar-refractivity contribution in [3.8, 4) is 28.8 Å². The van der Waals surface area contributed by atoms with E-state index in [0.29, 0.717) is 50.7 Å². The molecule has 1 aliphatic rings. The van der Waals surface area contributed by atoms with Crippen molar-refractivity contribution >= 4 is 22.8 Å². The maximum absolute atomic E-state index is 9.58. The molecule has 12 heteroatoms. The number of imidazole rings is 1. The summed E-state index contributed by atoms with van der Waals surface area (Å²) in [4.78, 5) is 21.8. The van der Waals surface area contributed by atoms with Crippen molar-refractivity contribution in [2.75, 3.05) is 43.1 Å². The summed E-state index contributed by atoms with van der Waals surface area (Å²) in [6.07, 6.45) is 1.77. The predicted molar refractivity (Wildman–Crippen MR) is 180 cm³/mol. The summed E-state index contributed by atoms with van der Waals surface area (Å²) < 4.78 is 15.5. The van der Waals surface area contributed by atoms with Gasteiger partial charge in [0.2, 0.25) is 17.8 Å². The van der Waals surface area contributed by atoms with Crippen LogP contribution in [0.15, 0.2) is 79.0 Å². The number of ether oxygens (including phenoxy) is 2. The van der Waals surface area contributed by atoms with Crippen LogP contribution in [-0.4, -0.2) is 78.3 Å². The van der Waals surface area contributed by atoms with E-state index in [-0.39, 0.29) is 12.6 Å². The van der Waals surface area contributed by atoms with Crippen LogP contribution in [0.4, 0.5) is 11.8 Å². The SMILES string of the molecule is Cc1nn(-c2ccc(OCc3ccccc3)nc2)c(C)c1-c1cc(N2CCOC[C@H]2C)nc(-n2c(NCCO)nc3ccccc32)n1. The number of hydrogen-bond donors (Lipinski definition) is 2. The minimum absolute atomic E-state index is 0.0345. The first-order valence-corrected chi connectivity index (χ1v) is 15.8. The highest BCUT2D eigenvalue weighted by atomic mass is 16.5. The van der Waals surface area contributed by atoms with Crippen LogP contribution in [0.2, 0.25) is 0 Å². The van der Waals surface area contributed by atoms with Crippen LogP contribution < -0.4 is 15.0 Å². The Morgan fingerprint density at radius 2 is 1.83 bits per heavy atom. The maximum Gasteiger partial charge on any atom is 0.239 e. The summed E-state index contributed by atoms with van der Waals surface area (Å²) in [6.45, 7) is 8.84. The zero-order chi connectivity index (χ0) is 32.3. The molecule has 0 amide bonds. The van der Waals surface area contributed by atoms with E-state index in [0.717, 1.165) is 50.7 Å². The zero-order valence-corrected chi connectivity index (χ0v) is 26.7. The minimum Gasteiger partial charge on any atom is -0.473 e. The van der Waals surface area contributed by atoms with Gasteiger partial charge in [-0.25, -0.2) is 24.2 Å². The van der Waals surface area contributed by atoms with Gasteiger partial charge < -0.3 is 24.8 Å². The van der Waals surface area contributed by atoms with E-state index < -0.39 is 0 Å². The Labute approximate surface area is 272 Å². The van der Waals surface area contributed by atoms with Gasteiger partial charge in [0, 0.05) is 30.8 Å². The normalized spacial score (nSPS) is 14.9. The molecule has 5 heterocycles. The van der Waals surface area contributed by atoms with Gasteiger partial charge in [0.15, 0.2) is 0 Å². The molecule has 1 fully saturated rings. The summed E-state index contributed by atoms with van der Waals surface area (Å²) in [5.41, 5.74) is 6.95. The molecular weight excluding hydrogens is 594 g/mol. The fourth-order valence-corrected chi connectivity index (χ4v) is 5.96. The topological polar surface area (TPSA) is 128 Å². The lowest BCUT2D eigenvalue weighted by molar-refractivity contribution is 0.0985. The van der Waals surface area contributed by atoms with Crippen LogP contribution >= 0.6 is 0 Å². The van der Waals surface area contributed by atoms with Gasteiger partial charge in [-0.3, -0.25) is 0 Å². The van der Waals surface area contributed by atoms with E-state index in [4.69, 9.17) is 29.5 Å². The van der Waals surface area contributed by atoms with Crippen molar-refractivity contribution in [1.29, 1.82) is 0 Å². The van der Waals surface area contributed by atoms with Crippen molar-refractivity contribution < 1.29 is 14.6 Å². The molecule has 7 rings (SSSR count). The molecule has 2 aromatic carbocycles. The van der Waals surface area contributed by atoms with E-state index in [1.807, 2.05) is 95.9 Å². The molecule has 1 aliphatic heterocycles. The Morgan fingerprint density at radius 3 is 2.62 bits per heavy atom. The predicted octanol–water partition coefficient (Wildman–Crippen LogP) is 4.89. The molecule has 0 radical (unpaired) electrons. The number of aryl methyl sites for hydroxylation is 1. The number of anilines is 2. The molecule has 6 aromatic rings. The number of nitrogens with zero attached hydrogens (tertiary/aromatic N) is 8. The Hall–Kier alpha value is -5.33. The van der Waals surface area contributed by atoms with Crippen LogP contribution in [0.1, 0.15) is 23.9 Å². The molecule has 1 saturated heterocycles. The molecule has 0 aliphatic carbocycles. The second-order valence-corrected chi connectivity index (χ2v) is 11.5. The van der Waals surface area contributed by atoms with Gasteiger partial charge in [-0.2, -0.15) is 10.1 Å². The third-order valence-corrected chi connectivity index (χ3v) is 8.26. The second-order valence-electron chi connectivity index (χ2n) is 11.5. The highest BCUT2D eigenvalue weighted by Gasteiger charge is 2.26. The van der Waals surface area contributed by atoms with Crippen molar-refractivity contribution in [2.45, 2.75) is 33.4 Å². The smallest absolute Gasteiger partial charge is 0.239 e. The van der Waals surface area contributed by atoms with Gasteiger partial charge in [-0.15, -0.1) is 0 Å². The van der Waals surface area contributed by atoms with Gasteiger partial charge in [0.05, 0.1) is 65.9 Å². The highest BCUT2D eigenvalue weighted by molar-refractivity contribution is 5.81. The van der Waals surface area contributed by atoms with E-state index >= 15 is 0 Å². The zero-order valence-electron chi connectivity index (χ0n) is 26.7. The second kappa shape index (κ2) is 13.2. The fraction of sp³-hybridized carbons (Fsp3) is 0.286. The summed E-state index contributed by atoms with van der Waals surface area (Å²) in [5, 5.41) is 17.7. The number of para-hydroxylation sites is 2. The van der Waals surface area contributed by atoms with E-state index in [2.05, 4.69) is 22.1 Å². The lowest BCUT2D eigenvalue weighted by atomic mass is 10.1. The van der Waals surface area contributed by atoms with Gasteiger partial charge >= 0.3 is 0 Å². The summed E-state index contributed by atoms with van der Waals surface area (Å²) in [6, 6.07) is 23.9. The summed E-state index contributed by atoms with van der Waals surface area (Å²) in [5.74, 6) is 2.36. The van der Waals surface area contributed by atoms with Crippen molar-refractivity contribution in [3.63, 3.8) is 0 Å². The van der Waals surface area contributed by atoms with Crippen molar-refractivity contribution in [3.05, 3.63) is 95.9 Å². The molecule has 0 spiro atoms. The van der Waals surface area contributed by atoms with Gasteiger partial charge in [-0.05, 0) is 44.5 Å². The first-order chi connectivity index (χ1) is 23.0.